The van der Waals surface area contributed by atoms with Gasteiger partial charge in [0.15, 0.2) is 0 Å². The molecule has 21 heavy (non-hydrogen) atoms. The molecule has 0 aliphatic carbocycles. The van der Waals surface area contributed by atoms with E-state index in [1.54, 1.807) is 13.1 Å². The number of nitro benzene ring substituents is 1. The molecule has 0 aliphatic rings. The molecule has 0 unspecified atom stereocenters. The topological polar surface area (TPSA) is 76.3 Å². The van der Waals surface area contributed by atoms with Crippen molar-refractivity contribution in [3.05, 3.63) is 54.4 Å². The lowest BCUT2D eigenvalue weighted by Gasteiger charge is -2.16. The molecule has 0 fully saturated rings. The fourth-order valence-corrected chi connectivity index (χ4v) is 3.01. The second-order valence-electron chi connectivity index (χ2n) is 4.41. The quantitative estimate of drug-likeness (QED) is 0.611. The summed E-state index contributed by atoms with van der Waals surface area (Å²) < 4.78 is 0.196. The van der Waals surface area contributed by atoms with Gasteiger partial charge in [-0.2, -0.15) is 0 Å². The zero-order valence-corrected chi connectivity index (χ0v) is 13.8. The first-order valence-electron chi connectivity index (χ1n) is 5.99. The van der Waals surface area contributed by atoms with Gasteiger partial charge in [0.05, 0.1) is 27.7 Å². The molecule has 1 amide bonds. The van der Waals surface area contributed by atoms with E-state index in [-0.39, 0.29) is 21.6 Å². The monoisotopic (exact) mass is 369 g/mol. The number of nitrogens with zero attached hydrogens (tertiary/aromatic N) is 3. The number of hydrogen-bond donors (Lipinski definition) is 0. The van der Waals surface area contributed by atoms with Crippen molar-refractivity contribution in [3.63, 3.8) is 0 Å². The molecule has 0 radical (unpaired) electrons. The number of aromatic nitrogens is 1. The van der Waals surface area contributed by atoms with Gasteiger partial charge in [0.1, 0.15) is 4.47 Å². The van der Waals surface area contributed by atoms with Crippen LogP contribution >= 0.6 is 27.3 Å². The van der Waals surface area contributed by atoms with Gasteiger partial charge in [0.25, 0.3) is 11.6 Å². The Kier molecular flexibility index (Phi) is 4.69. The van der Waals surface area contributed by atoms with Crippen LogP contribution in [0.3, 0.4) is 0 Å². The van der Waals surface area contributed by atoms with E-state index in [2.05, 4.69) is 20.9 Å². The van der Waals surface area contributed by atoms with Crippen LogP contribution in [0.4, 0.5) is 5.69 Å². The maximum atomic E-state index is 12.4. The van der Waals surface area contributed by atoms with Crippen LogP contribution in [0, 0.1) is 17.0 Å². The van der Waals surface area contributed by atoms with Crippen LogP contribution in [0.5, 0.6) is 0 Å². The molecule has 1 aromatic carbocycles. The third-order valence-electron chi connectivity index (χ3n) is 2.82. The molecular weight excluding hydrogens is 358 g/mol. The zero-order valence-electron chi connectivity index (χ0n) is 11.4. The predicted octanol–water partition coefficient (Wildman–Crippen LogP) is 3.39. The number of nitro groups is 1. The zero-order chi connectivity index (χ0) is 15.6. The van der Waals surface area contributed by atoms with Crippen molar-refractivity contribution in [3.8, 4) is 0 Å². The van der Waals surface area contributed by atoms with E-state index in [1.165, 1.54) is 28.4 Å². The first kappa shape index (κ1) is 15.6. The van der Waals surface area contributed by atoms with Gasteiger partial charge in [-0.1, -0.05) is 6.07 Å². The van der Waals surface area contributed by atoms with E-state index in [0.29, 0.717) is 6.54 Å². The first-order valence-corrected chi connectivity index (χ1v) is 7.66. The smallest absolute Gasteiger partial charge is 0.284 e. The number of benzene rings is 1. The number of carbonyl (C=O) groups is 1. The minimum absolute atomic E-state index is 0.126. The molecular formula is C13H12BrN3O3S. The van der Waals surface area contributed by atoms with Crippen LogP contribution < -0.4 is 0 Å². The Hall–Kier alpha value is -1.80. The fraction of sp³-hybridized carbons (Fsp3) is 0.231. The predicted molar refractivity (Wildman–Crippen MR) is 83.4 cm³/mol. The molecule has 8 heteroatoms. The summed E-state index contributed by atoms with van der Waals surface area (Å²) in [4.78, 5) is 28.6. The molecule has 0 spiro atoms. The van der Waals surface area contributed by atoms with Crippen molar-refractivity contribution in [2.24, 2.45) is 0 Å². The molecule has 2 rings (SSSR count). The van der Waals surface area contributed by atoms with Crippen molar-refractivity contribution < 1.29 is 9.72 Å². The third-order valence-corrected chi connectivity index (χ3v) is 4.47. The summed E-state index contributed by atoms with van der Waals surface area (Å²) in [6.07, 6.45) is 0. The number of thiazole rings is 1. The lowest BCUT2D eigenvalue weighted by Crippen LogP contribution is -2.26. The van der Waals surface area contributed by atoms with Crippen LogP contribution in [0.1, 0.15) is 21.1 Å². The van der Waals surface area contributed by atoms with Gasteiger partial charge in [-0.05, 0) is 28.9 Å². The Balaban J connectivity index is 2.23. The SMILES string of the molecule is Cc1nc(CN(C)C(=O)c2cccc([N+](=O)[O-])c2Br)cs1. The molecule has 110 valence electrons. The lowest BCUT2D eigenvalue weighted by atomic mass is 10.2. The Labute approximate surface area is 133 Å². The average Bonchev–Trinajstić information content (AvgIpc) is 2.83. The van der Waals surface area contributed by atoms with E-state index < -0.39 is 4.92 Å². The Morgan fingerprint density at radius 1 is 1.52 bits per heavy atom. The number of halogens is 1. The third kappa shape index (κ3) is 3.45. The fourth-order valence-electron chi connectivity index (χ4n) is 1.83. The van der Waals surface area contributed by atoms with Crippen molar-refractivity contribution >= 4 is 38.9 Å². The highest BCUT2D eigenvalue weighted by molar-refractivity contribution is 9.10. The number of aryl methyl sites for hydroxylation is 1. The molecule has 2 aromatic rings. The Morgan fingerprint density at radius 3 is 2.81 bits per heavy atom. The Morgan fingerprint density at radius 2 is 2.24 bits per heavy atom. The molecule has 0 aliphatic heterocycles. The lowest BCUT2D eigenvalue weighted by molar-refractivity contribution is -0.385. The summed E-state index contributed by atoms with van der Waals surface area (Å²) in [6, 6.07) is 4.41. The summed E-state index contributed by atoms with van der Waals surface area (Å²) >= 11 is 4.65. The number of amides is 1. The highest BCUT2D eigenvalue weighted by Crippen LogP contribution is 2.29. The summed E-state index contributed by atoms with van der Waals surface area (Å²) in [5.74, 6) is -0.295. The van der Waals surface area contributed by atoms with Gasteiger partial charge >= 0.3 is 0 Å². The Bertz CT molecular complexity index is 702. The van der Waals surface area contributed by atoms with Crippen LogP contribution in [-0.4, -0.2) is 27.8 Å². The summed E-state index contributed by atoms with van der Waals surface area (Å²) in [5, 5.41) is 13.7. The van der Waals surface area contributed by atoms with Crippen molar-refractivity contribution in [2.75, 3.05) is 7.05 Å². The molecule has 1 aromatic heterocycles. The minimum atomic E-state index is -0.523. The van der Waals surface area contributed by atoms with Crippen molar-refractivity contribution in [1.82, 2.24) is 9.88 Å². The van der Waals surface area contributed by atoms with Gasteiger partial charge in [0.2, 0.25) is 0 Å². The molecule has 0 saturated heterocycles. The normalized spacial score (nSPS) is 10.4. The molecule has 0 saturated carbocycles. The maximum absolute atomic E-state index is 12.4. The van der Waals surface area contributed by atoms with E-state index >= 15 is 0 Å². The van der Waals surface area contributed by atoms with Crippen LogP contribution in [0.15, 0.2) is 28.1 Å². The van der Waals surface area contributed by atoms with Crippen LogP contribution in [0.25, 0.3) is 0 Å². The van der Waals surface area contributed by atoms with E-state index in [4.69, 9.17) is 0 Å². The summed E-state index contributed by atoms with van der Waals surface area (Å²) in [7, 11) is 1.64. The van der Waals surface area contributed by atoms with Gasteiger partial charge in [-0.15, -0.1) is 11.3 Å². The molecule has 6 nitrogen and oxygen atoms in total. The second-order valence-corrected chi connectivity index (χ2v) is 6.27. The largest absolute Gasteiger partial charge is 0.336 e. The van der Waals surface area contributed by atoms with Crippen molar-refractivity contribution in [1.29, 1.82) is 0 Å². The maximum Gasteiger partial charge on any atom is 0.284 e. The van der Waals surface area contributed by atoms with Gasteiger partial charge < -0.3 is 4.90 Å². The molecule has 0 atom stereocenters. The average molecular weight is 370 g/mol. The van der Waals surface area contributed by atoms with E-state index in [1.807, 2.05) is 12.3 Å². The van der Waals surface area contributed by atoms with Crippen molar-refractivity contribution in [2.45, 2.75) is 13.5 Å². The number of carbonyl (C=O) groups excluding carboxylic acids is 1. The molecule has 1 heterocycles. The van der Waals surface area contributed by atoms with Gasteiger partial charge in [-0.3, -0.25) is 14.9 Å². The summed E-state index contributed by atoms with van der Waals surface area (Å²) in [6.45, 7) is 2.26. The van der Waals surface area contributed by atoms with Crippen LogP contribution in [0.2, 0.25) is 0 Å². The van der Waals surface area contributed by atoms with Gasteiger partial charge in [-0.25, -0.2) is 4.98 Å². The first-order chi connectivity index (χ1) is 9.90. The second kappa shape index (κ2) is 6.31. The number of hydrogen-bond acceptors (Lipinski definition) is 5. The molecule has 0 N–H and O–H groups in total. The van der Waals surface area contributed by atoms with E-state index in [9.17, 15) is 14.9 Å². The highest BCUT2D eigenvalue weighted by atomic mass is 79.9. The van der Waals surface area contributed by atoms with Gasteiger partial charge in [0, 0.05) is 18.5 Å². The van der Waals surface area contributed by atoms with E-state index in [0.717, 1.165) is 10.7 Å². The molecule has 0 bridgehead atoms. The minimum Gasteiger partial charge on any atom is -0.336 e. The standard InChI is InChI=1S/C13H12BrN3O3S/c1-8-15-9(7-21-8)6-16(2)13(18)10-4-3-5-11(12(10)14)17(19)20/h3-5,7H,6H2,1-2H3. The van der Waals surface area contributed by atoms with Crippen LogP contribution in [-0.2, 0) is 6.54 Å². The number of rotatable bonds is 4. The summed E-state index contributed by atoms with van der Waals surface area (Å²) in [5.41, 5.74) is 0.937. The highest BCUT2D eigenvalue weighted by Gasteiger charge is 2.22.